The summed E-state index contributed by atoms with van der Waals surface area (Å²) in [5.74, 6) is 0.891. The summed E-state index contributed by atoms with van der Waals surface area (Å²) in [6, 6.07) is 3.68. The summed E-state index contributed by atoms with van der Waals surface area (Å²) in [5, 5.41) is 3.40. The molecular weight excluding hydrogens is 162 g/mol. The molecule has 0 aliphatic heterocycles. The van der Waals surface area contributed by atoms with Crippen molar-refractivity contribution in [1.29, 1.82) is 0 Å². The van der Waals surface area contributed by atoms with Crippen molar-refractivity contribution in [1.82, 2.24) is 4.98 Å². The molecule has 1 fully saturated rings. The first-order chi connectivity index (χ1) is 6.18. The lowest BCUT2D eigenvalue weighted by Gasteiger charge is -2.39. The van der Waals surface area contributed by atoms with Gasteiger partial charge >= 0.3 is 0 Å². The van der Waals surface area contributed by atoms with Gasteiger partial charge in [-0.25, -0.2) is 4.98 Å². The van der Waals surface area contributed by atoms with E-state index in [1.165, 1.54) is 19.3 Å². The van der Waals surface area contributed by atoms with E-state index in [-0.39, 0.29) is 5.54 Å². The van der Waals surface area contributed by atoms with E-state index in [0.29, 0.717) is 0 Å². The third-order valence-electron chi connectivity index (χ3n) is 2.67. The van der Waals surface area contributed by atoms with Gasteiger partial charge in [-0.1, -0.05) is 0 Å². The van der Waals surface area contributed by atoms with Gasteiger partial charge in [0.25, 0.3) is 0 Å². The van der Waals surface area contributed by atoms with Crippen LogP contribution in [0, 0.1) is 0 Å². The molecule has 0 radical (unpaired) electrons. The summed E-state index contributed by atoms with van der Waals surface area (Å²) < 4.78 is 0. The summed E-state index contributed by atoms with van der Waals surface area (Å²) in [5.41, 5.74) is 6.67. The molecule has 70 valence electrons. The molecule has 0 spiro atoms. The van der Waals surface area contributed by atoms with Crippen LogP contribution in [0.2, 0.25) is 0 Å². The Labute approximate surface area is 78.4 Å². The van der Waals surface area contributed by atoms with Crippen molar-refractivity contribution >= 4 is 11.5 Å². The Hall–Kier alpha value is -1.25. The average molecular weight is 177 g/mol. The minimum atomic E-state index is 0.251. The van der Waals surface area contributed by atoms with Gasteiger partial charge in [0.15, 0.2) is 0 Å². The van der Waals surface area contributed by atoms with Crippen LogP contribution in [0.25, 0.3) is 0 Å². The van der Waals surface area contributed by atoms with Gasteiger partial charge < -0.3 is 11.1 Å². The highest BCUT2D eigenvalue weighted by atomic mass is 15.1. The predicted molar refractivity (Wildman–Crippen MR) is 54.5 cm³/mol. The van der Waals surface area contributed by atoms with Gasteiger partial charge in [0.05, 0.1) is 0 Å². The number of nitrogen functional groups attached to an aromatic ring is 1. The molecule has 0 bridgehead atoms. The van der Waals surface area contributed by atoms with E-state index < -0.39 is 0 Å². The predicted octanol–water partition coefficient (Wildman–Crippen LogP) is 2.02. The molecule has 1 aromatic heterocycles. The third-order valence-corrected chi connectivity index (χ3v) is 2.67. The Morgan fingerprint density at radius 2 is 2.31 bits per heavy atom. The smallest absolute Gasteiger partial charge is 0.128 e. The molecule has 0 unspecified atom stereocenters. The largest absolute Gasteiger partial charge is 0.399 e. The number of nitrogens with zero attached hydrogens (tertiary/aromatic N) is 1. The fourth-order valence-electron chi connectivity index (χ4n) is 1.66. The highest BCUT2D eigenvalue weighted by Crippen LogP contribution is 2.34. The second kappa shape index (κ2) is 2.91. The maximum absolute atomic E-state index is 5.66. The first kappa shape index (κ1) is 8.35. The molecule has 0 amide bonds. The van der Waals surface area contributed by atoms with Crippen LogP contribution in [-0.4, -0.2) is 10.5 Å². The monoisotopic (exact) mass is 177 g/mol. The number of nitrogens with one attached hydrogen (secondary N) is 1. The molecule has 1 saturated carbocycles. The summed E-state index contributed by atoms with van der Waals surface area (Å²) in [6.07, 6.45) is 5.50. The Morgan fingerprint density at radius 3 is 2.85 bits per heavy atom. The molecule has 3 N–H and O–H groups in total. The maximum atomic E-state index is 5.66. The van der Waals surface area contributed by atoms with E-state index in [2.05, 4.69) is 17.2 Å². The number of pyridine rings is 1. The van der Waals surface area contributed by atoms with Crippen molar-refractivity contribution < 1.29 is 0 Å². The highest BCUT2D eigenvalue weighted by molar-refractivity contribution is 5.49. The number of nitrogens with two attached hydrogens (primary N) is 1. The Kier molecular flexibility index (Phi) is 1.87. The van der Waals surface area contributed by atoms with Crippen LogP contribution in [0.15, 0.2) is 18.3 Å². The zero-order chi connectivity index (χ0) is 9.31. The van der Waals surface area contributed by atoms with Gasteiger partial charge in [0.2, 0.25) is 0 Å². The summed E-state index contributed by atoms with van der Waals surface area (Å²) in [4.78, 5) is 4.22. The van der Waals surface area contributed by atoms with Crippen molar-refractivity contribution in [2.75, 3.05) is 11.1 Å². The van der Waals surface area contributed by atoms with Gasteiger partial charge in [-0.3, -0.25) is 0 Å². The van der Waals surface area contributed by atoms with Gasteiger partial charge in [-0.2, -0.15) is 0 Å². The molecular formula is C10H15N3. The quantitative estimate of drug-likeness (QED) is 0.726. The van der Waals surface area contributed by atoms with E-state index in [0.717, 1.165) is 11.5 Å². The van der Waals surface area contributed by atoms with E-state index in [1.54, 1.807) is 12.3 Å². The first-order valence-electron chi connectivity index (χ1n) is 4.68. The molecule has 2 rings (SSSR count). The summed E-state index contributed by atoms with van der Waals surface area (Å²) in [6.45, 7) is 2.22. The van der Waals surface area contributed by atoms with Crippen LogP contribution < -0.4 is 11.1 Å². The molecule has 1 aromatic rings. The van der Waals surface area contributed by atoms with Crippen molar-refractivity contribution in [3.8, 4) is 0 Å². The topological polar surface area (TPSA) is 50.9 Å². The standard InChI is InChI=1S/C10H15N3/c1-10(4-2-5-10)13-9-7-8(11)3-6-12-9/h3,6-7H,2,4-5H2,1H3,(H3,11,12,13). The van der Waals surface area contributed by atoms with Crippen LogP contribution in [0.1, 0.15) is 26.2 Å². The number of anilines is 2. The van der Waals surface area contributed by atoms with Crippen molar-refractivity contribution in [3.05, 3.63) is 18.3 Å². The minimum Gasteiger partial charge on any atom is -0.399 e. The first-order valence-corrected chi connectivity index (χ1v) is 4.68. The molecule has 0 aromatic carbocycles. The molecule has 13 heavy (non-hydrogen) atoms. The Morgan fingerprint density at radius 1 is 1.54 bits per heavy atom. The second-order valence-electron chi connectivity index (χ2n) is 4.01. The Bertz CT molecular complexity index is 305. The molecule has 1 heterocycles. The summed E-state index contributed by atoms with van der Waals surface area (Å²) >= 11 is 0. The Balaban J connectivity index is 2.09. The van der Waals surface area contributed by atoms with E-state index in [1.807, 2.05) is 6.07 Å². The molecule has 3 nitrogen and oxygen atoms in total. The lowest BCUT2D eigenvalue weighted by molar-refractivity contribution is 0.306. The van der Waals surface area contributed by atoms with Gasteiger partial charge in [0.1, 0.15) is 5.82 Å². The van der Waals surface area contributed by atoms with E-state index in [9.17, 15) is 0 Å². The van der Waals surface area contributed by atoms with Crippen LogP contribution in [0.4, 0.5) is 11.5 Å². The van der Waals surface area contributed by atoms with Crippen LogP contribution in [-0.2, 0) is 0 Å². The van der Waals surface area contributed by atoms with Crippen LogP contribution >= 0.6 is 0 Å². The lowest BCUT2D eigenvalue weighted by atomic mass is 9.78. The number of hydrogen-bond donors (Lipinski definition) is 2. The SMILES string of the molecule is CC1(Nc2cc(N)ccn2)CCC1. The lowest BCUT2D eigenvalue weighted by Crippen LogP contribution is -2.41. The summed E-state index contributed by atoms with van der Waals surface area (Å²) in [7, 11) is 0. The normalized spacial score (nSPS) is 19.2. The zero-order valence-electron chi connectivity index (χ0n) is 7.88. The van der Waals surface area contributed by atoms with Crippen LogP contribution in [0.5, 0.6) is 0 Å². The number of rotatable bonds is 2. The molecule has 0 atom stereocenters. The highest BCUT2D eigenvalue weighted by Gasteiger charge is 2.31. The fraction of sp³-hybridized carbons (Fsp3) is 0.500. The maximum Gasteiger partial charge on any atom is 0.128 e. The van der Waals surface area contributed by atoms with Crippen LogP contribution in [0.3, 0.4) is 0 Å². The van der Waals surface area contributed by atoms with Crippen molar-refractivity contribution in [3.63, 3.8) is 0 Å². The molecule has 0 saturated heterocycles. The molecule has 1 aliphatic rings. The van der Waals surface area contributed by atoms with Gasteiger partial charge in [0, 0.05) is 23.5 Å². The molecule has 3 heteroatoms. The van der Waals surface area contributed by atoms with E-state index >= 15 is 0 Å². The van der Waals surface area contributed by atoms with Gasteiger partial charge in [-0.15, -0.1) is 0 Å². The van der Waals surface area contributed by atoms with E-state index in [4.69, 9.17) is 5.73 Å². The minimum absolute atomic E-state index is 0.251. The fourth-order valence-corrected chi connectivity index (χ4v) is 1.66. The number of hydrogen-bond acceptors (Lipinski definition) is 3. The van der Waals surface area contributed by atoms with Crippen molar-refractivity contribution in [2.24, 2.45) is 0 Å². The molecule has 1 aliphatic carbocycles. The van der Waals surface area contributed by atoms with Crippen molar-refractivity contribution in [2.45, 2.75) is 31.7 Å². The average Bonchev–Trinajstić information content (AvgIpc) is 2.01. The zero-order valence-corrected chi connectivity index (χ0v) is 7.88. The third kappa shape index (κ3) is 1.74. The second-order valence-corrected chi connectivity index (χ2v) is 4.01. The van der Waals surface area contributed by atoms with Gasteiger partial charge in [-0.05, 0) is 32.3 Å². The number of aromatic nitrogens is 1.